The summed E-state index contributed by atoms with van der Waals surface area (Å²) in [6.07, 6.45) is 20.8. The monoisotopic (exact) mass is 807 g/mol. The van der Waals surface area contributed by atoms with Gasteiger partial charge in [-0.15, -0.1) is 0 Å². The largest absolute Gasteiger partial charge is 0.505 e. The van der Waals surface area contributed by atoms with Gasteiger partial charge in [0.05, 0.1) is 32.6 Å². The van der Waals surface area contributed by atoms with Crippen molar-refractivity contribution in [2.45, 2.75) is 136 Å². The van der Waals surface area contributed by atoms with Crippen LogP contribution in [-0.4, -0.2) is 35.6 Å². The number of benzene rings is 3. The number of para-hydroxylation sites is 3. The van der Waals surface area contributed by atoms with Crippen LogP contribution in [0.4, 0.5) is 11.4 Å². The van der Waals surface area contributed by atoms with Crippen LogP contribution in [0.1, 0.15) is 134 Å². The van der Waals surface area contributed by atoms with Gasteiger partial charge in [-0.2, -0.15) is 0 Å². The van der Waals surface area contributed by atoms with Crippen LogP contribution < -0.4 is 11.0 Å². The first-order chi connectivity index (χ1) is 28.4. The Morgan fingerprint density at radius 1 is 0.552 bits per heavy atom. The lowest BCUT2D eigenvalue weighted by Gasteiger charge is -2.11. The third kappa shape index (κ3) is 13.7. The standard InChI is InChI=1S/C16H22N2O2.C16H22N2O.C16H21NOS/c1-2-3-4-5-6-11-14-16(19)15(18-20)12-9-7-8-10-13(12)17-14;1-2-3-4-5-6-9-13-12-16(18-19)14-10-7-8-11-15(14)17-13;1-2-3-4-5-6-11-14-15(18)16(19)12-9-7-8-10-13(12)17-14/h7-10,19-20H,2-6,11H2,1H3,(H,17,18);7-8,10-12,19H,2-6,9H2,1H3,(H,17,18);7-10,18H,2-6,11H2,1H3,(H,17,19). The van der Waals surface area contributed by atoms with Gasteiger partial charge in [0, 0.05) is 27.4 Å². The first-order valence-electron chi connectivity index (χ1n) is 21.5. The maximum atomic E-state index is 10.2. The lowest BCUT2D eigenvalue weighted by atomic mass is 10.1. The molecule has 0 atom stereocenters. The minimum Gasteiger partial charge on any atom is -0.505 e. The zero-order valence-corrected chi connectivity index (χ0v) is 35.6. The van der Waals surface area contributed by atoms with Gasteiger partial charge in [0.15, 0.2) is 11.5 Å². The van der Waals surface area contributed by atoms with Gasteiger partial charge in [-0.25, -0.2) is 4.98 Å². The minimum atomic E-state index is 0.0571. The Bertz CT molecular complexity index is 2190. The quantitative estimate of drug-likeness (QED) is 0.0227. The van der Waals surface area contributed by atoms with Crippen LogP contribution in [0.25, 0.3) is 32.7 Å². The minimum absolute atomic E-state index is 0.0571. The molecule has 6 rings (SSSR count). The highest BCUT2D eigenvalue weighted by Gasteiger charge is 2.13. The molecule has 3 aromatic carbocycles. The molecule has 0 spiro atoms. The zero-order valence-electron chi connectivity index (χ0n) is 34.8. The van der Waals surface area contributed by atoms with Crippen molar-refractivity contribution in [3.63, 3.8) is 0 Å². The highest BCUT2D eigenvalue weighted by molar-refractivity contribution is 7.71. The fourth-order valence-electron chi connectivity index (χ4n) is 7.16. The number of pyridine rings is 3. The fourth-order valence-corrected chi connectivity index (χ4v) is 7.46. The number of aromatic amines is 1. The summed E-state index contributed by atoms with van der Waals surface area (Å²) in [5, 5.41) is 41.4. The summed E-state index contributed by atoms with van der Waals surface area (Å²) in [4.78, 5) is 12.5. The van der Waals surface area contributed by atoms with E-state index >= 15 is 0 Å². The Balaban J connectivity index is 0.000000193. The number of aryl methyl sites for hydroxylation is 3. The lowest BCUT2D eigenvalue weighted by molar-refractivity contribution is 0.381. The summed E-state index contributed by atoms with van der Waals surface area (Å²) in [6.45, 7) is 6.63. The molecule has 0 saturated heterocycles. The number of H-pyrrole nitrogens is 1. The molecule has 0 fully saturated rings. The molecule has 3 aromatic heterocycles. The average molecular weight is 808 g/mol. The molecular weight excluding hydrogens is 743 g/mol. The van der Waals surface area contributed by atoms with Crippen molar-refractivity contribution in [2.24, 2.45) is 0 Å². The molecule has 0 aliphatic rings. The van der Waals surface area contributed by atoms with Crippen LogP contribution in [0, 0.1) is 4.51 Å². The van der Waals surface area contributed by atoms with Gasteiger partial charge in [-0.05, 0) is 62.8 Å². The summed E-state index contributed by atoms with van der Waals surface area (Å²) < 4.78 is 0.568. The van der Waals surface area contributed by atoms with Crippen LogP contribution in [0.15, 0.2) is 78.9 Å². The van der Waals surface area contributed by atoms with E-state index in [2.05, 4.69) is 46.7 Å². The highest BCUT2D eigenvalue weighted by Crippen LogP contribution is 2.34. The number of unbranched alkanes of at least 4 members (excludes halogenated alkanes) is 12. The van der Waals surface area contributed by atoms with E-state index in [-0.39, 0.29) is 11.5 Å². The molecule has 7 N–H and O–H groups in total. The predicted octanol–water partition coefficient (Wildman–Crippen LogP) is 13.9. The molecule has 58 heavy (non-hydrogen) atoms. The van der Waals surface area contributed by atoms with Crippen molar-refractivity contribution >= 4 is 56.3 Å². The van der Waals surface area contributed by atoms with Crippen molar-refractivity contribution in [2.75, 3.05) is 11.0 Å². The number of aromatic hydroxyl groups is 2. The second-order valence-electron chi connectivity index (χ2n) is 15.0. The summed E-state index contributed by atoms with van der Waals surface area (Å²) in [5.41, 5.74) is 10.8. The number of hydrogen-bond acceptors (Lipinski definition) is 9. The fraction of sp³-hybridized carbons (Fsp3) is 0.438. The van der Waals surface area contributed by atoms with Gasteiger partial charge < -0.3 is 15.2 Å². The Kier molecular flexibility index (Phi) is 20.2. The van der Waals surface area contributed by atoms with E-state index in [0.717, 1.165) is 94.7 Å². The van der Waals surface area contributed by atoms with Crippen LogP contribution in [0.2, 0.25) is 0 Å². The topological polar surface area (TPSA) is 147 Å². The molecule has 0 saturated carbocycles. The maximum absolute atomic E-state index is 10.2. The van der Waals surface area contributed by atoms with E-state index < -0.39 is 0 Å². The second kappa shape index (κ2) is 25.6. The van der Waals surface area contributed by atoms with Gasteiger partial charge >= 0.3 is 0 Å². The molecule has 0 radical (unpaired) electrons. The van der Waals surface area contributed by atoms with Gasteiger partial charge in [0.1, 0.15) is 5.69 Å². The van der Waals surface area contributed by atoms with Gasteiger partial charge in [-0.1, -0.05) is 165 Å². The van der Waals surface area contributed by atoms with E-state index in [1.807, 2.05) is 78.9 Å². The molecule has 312 valence electrons. The van der Waals surface area contributed by atoms with Crippen molar-refractivity contribution in [3.05, 3.63) is 100 Å². The lowest BCUT2D eigenvalue weighted by Crippen LogP contribution is -1.99. The smallest absolute Gasteiger partial charge is 0.163 e. The van der Waals surface area contributed by atoms with Crippen molar-refractivity contribution in [1.82, 2.24) is 15.0 Å². The van der Waals surface area contributed by atoms with Crippen molar-refractivity contribution < 1.29 is 20.6 Å². The van der Waals surface area contributed by atoms with E-state index in [1.165, 1.54) is 70.6 Å². The van der Waals surface area contributed by atoms with Gasteiger partial charge in [0.25, 0.3) is 0 Å². The number of nitrogens with zero attached hydrogens (tertiary/aromatic N) is 2. The van der Waals surface area contributed by atoms with Gasteiger partial charge in [0.2, 0.25) is 0 Å². The molecule has 9 nitrogen and oxygen atoms in total. The first kappa shape index (κ1) is 45.9. The normalized spacial score (nSPS) is 10.9. The van der Waals surface area contributed by atoms with Crippen LogP contribution in [0.3, 0.4) is 0 Å². The third-order valence-electron chi connectivity index (χ3n) is 10.5. The van der Waals surface area contributed by atoms with E-state index in [9.17, 15) is 20.6 Å². The number of nitrogens with one attached hydrogen (secondary N) is 3. The zero-order chi connectivity index (χ0) is 41.5. The Hall–Kier alpha value is -4.77. The Labute approximate surface area is 349 Å². The van der Waals surface area contributed by atoms with Crippen molar-refractivity contribution in [3.8, 4) is 11.5 Å². The molecular formula is C48H65N5O4S. The van der Waals surface area contributed by atoms with E-state index in [1.54, 1.807) is 0 Å². The first-order valence-corrected chi connectivity index (χ1v) is 21.9. The number of hydrogen-bond donors (Lipinski definition) is 7. The molecule has 10 heteroatoms. The van der Waals surface area contributed by atoms with E-state index in [4.69, 9.17) is 12.2 Å². The predicted molar refractivity (Wildman–Crippen MR) is 244 cm³/mol. The summed E-state index contributed by atoms with van der Waals surface area (Å²) in [7, 11) is 0. The molecule has 0 unspecified atom stereocenters. The molecule has 0 aliphatic carbocycles. The SMILES string of the molecule is CCCCCCCc1[nH]c2ccccc2c(=S)c1O.CCCCCCCc1cc(NO)c2ccccc2n1.CCCCCCCc1nc2ccccc2c(NO)c1O. The second-order valence-corrected chi connectivity index (χ2v) is 15.4. The van der Waals surface area contributed by atoms with E-state index in [0.29, 0.717) is 15.9 Å². The van der Waals surface area contributed by atoms with Crippen molar-refractivity contribution in [1.29, 1.82) is 0 Å². The van der Waals surface area contributed by atoms with Crippen LogP contribution in [-0.2, 0) is 19.3 Å². The van der Waals surface area contributed by atoms with Crippen LogP contribution in [0.5, 0.6) is 11.5 Å². The molecule has 3 heterocycles. The summed E-state index contributed by atoms with van der Waals surface area (Å²) in [5.74, 6) is 0.311. The molecule has 0 aliphatic heterocycles. The number of rotatable bonds is 20. The summed E-state index contributed by atoms with van der Waals surface area (Å²) >= 11 is 5.33. The highest BCUT2D eigenvalue weighted by atomic mass is 32.1. The molecule has 0 bridgehead atoms. The number of fused-ring (bicyclic) bond motifs is 3. The number of aromatic nitrogens is 3. The van der Waals surface area contributed by atoms with Gasteiger partial charge in [-0.3, -0.25) is 26.4 Å². The maximum Gasteiger partial charge on any atom is 0.163 e. The molecule has 6 aromatic rings. The number of anilines is 2. The molecule has 0 amide bonds. The summed E-state index contributed by atoms with van der Waals surface area (Å²) in [6, 6.07) is 25.2. The Morgan fingerprint density at radius 2 is 1.07 bits per heavy atom. The van der Waals surface area contributed by atoms with Crippen LogP contribution >= 0.6 is 12.2 Å². The average Bonchev–Trinajstić information content (AvgIpc) is 3.25. The Morgan fingerprint density at radius 3 is 1.67 bits per heavy atom. The third-order valence-corrected chi connectivity index (χ3v) is 10.9.